The minimum Gasteiger partial charge on any atom is -0.491 e. The molecule has 0 fully saturated rings. The first-order valence-corrected chi connectivity index (χ1v) is 7.09. The van der Waals surface area contributed by atoms with E-state index in [-0.39, 0.29) is 12.1 Å². The first kappa shape index (κ1) is 14.7. The van der Waals surface area contributed by atoms with E-state index < -0.39 is 0 Å². The lowest BCUT2D eigenvalue weighted by atomic mass is 10.1. The molecule has 0 saturated heterocycles. The van der Waals surface area contributed by atoms with Crippen LogP contribution in [-0.4, -0.2) is 6.10 Å². The van der Waals surface area contributed by atoms with Crippen LogP contribution < -0.4 is 10.1 Å². The van der Waals surface area contributed by atoms with E-state index in [1.165, 1.54) is 11.1 Å². The Morgan fingerprint density at radius 1 is 1.20 bits per heavy atom. The molecule has 0 saturated carbocycles. The Balaban J connectivity index is 1.98. The largest absolute Gasteiger partial charge is 0.491 e. The standard InChI is InChI=1S/C17H23NO2/c1-12(2)20-16-7-5-6-15(10-16)14(4)18-11-17-13(3)8-9-19-17/h5-10,12,14,18H,11H2,1-4H3. The van der Waals surface area contributed by atoms with Crippen molar-refractivity contribution >= 4 is 0 Å². The number of aryl methyl sites for hydroxylation is 1. The summed E-state index contributed by atoms with van der Waals surface area (Å²) in [6.07, 6.45) is 1.92. The summed E-state index contributed by atoms with van der Waals surface area (Å²) in [5, 5.41) is 3.47. The van der Waals surface area contributed by atoms with Crippen LogP contribution in [-0.2, 0) is 6.54 Å². The minimum atomic E-state index is 0.194. The van der Waals surface area contributed by atoms with Gasteiger partial charge in [-0.15, -0.1) is 0 Å². The van der Waals surface area contributed by atoms with Crippen LogP contribution in [0.25, 0.3) is 0 Å². The maximum Gasteiger partial charge on any atom is 0.120 e. The van der Waals surface area contributed by atoms with Crippen molar-refractivity contribution in [3.63, 3.8) is 0 Å². The van der Waals surface area contributed by atoms with Gasteiger partial charge in [-0.25, -0.2) is 0 Å². The van der Waals surface area contributed by atoms with Gasteiger partial charge in [0.25, 0.3) is 0 Å². The van der Waals surface area contributed by atoms with Gasteiger partial charge >= 0.3 is 0 Å². The number of furan rings is 1. The maximum absolute atomic E-state index is 5.73. The molecule has 2 rings (SSSR count). The zero-order valence-corrected chi connectivity index (χ0v) is 12.6. The summed E-state index contributed by atoms with van der Waals surface area (Å²) >= 11 is 0. The molecule has 0 spiro atoms. The van der Waals surface area contributed by atoms with Crippen molar-refractivity contribution < 1.29 is 9.15 Å². The van der Waals surface area contributed by atoms with Crippen LogP contribution in [0.2, 0.25) is 0 Å². The van der Waals surface area contributed by atoms with Gasteiger partial charge in [0, 0.05) is 6.04 Å². The van der Waals surface area contributed by atoms with Crippen molar-refractivity contribution in [2.24, 2.45) is 0 Å². The first-order valence-electron chi connectivity index (χ1n) is 7.09. The highest BCUT2D eigenvalue weighted by molar-refractivity contribution is 5.30. The van der Waals surface area contributed by atoms with Crippen LogP contribution >= 0.6 is 0 Å². The molecular formula is C17H23NO2. The number of hydrogen-bond donors (Lipinski definition) is 1. The molecule has 0 aliphatic heterocycles. The third-order valence-electron chi connectivity index (χ3n) is 3.27. The van der Waals surface area contributed by atoms with E-state index in [1.807, 2.05) is 32.0 Å². The van der Waals surface area contributed by atoms with Gasteiger partial charge in [0.15, 0.2) is 0 Å². The average molecular weight is 273 g/mol. The number of rotatable bonds is 6. The first-order chi connectivity index (χ1) is 9.56. The van der Waals surface area contributed by atoms with Crippen molar-refractivity contribution in [1.82, 2.24) is 5.32 Å². The summed E-state index contributed by atoms with van der Waals surface area (Å²) in [6.45, 7) is 9.01. The third kappa shape index (κ3) is 3.87. The lowest BCUT2D eigenvalue weighted by molar-refractivity contribution is 0.242. The van der Waals surface area contributed by atoms with Gasteiger partial charge in [-0.2, -0.15) is 0 Å². The summed E-state index contributed by atoms with van der Waals surface area (Å²) in [4.78, 5) is 0. The van der Waals surface area contributed by atoms with Crippen LogP contribution in [0.4, 0.5) is 0 Å². The van der Waals surface area contributed by atoms with Gasteiger partial charge in [-0.3, -0.25) is 0 Å². The van der Waals surface area contributed by atoms with Crippen LogP contribution in [0.15, 0.2) is 41.0 Å². The predicted molar refractivity (Wildman–Crippen MR) is 80.9 cm³/mol. The summed E-state index contributed by atoms with van der Waals surface area (Å²) in [5.41, 5.74) is 2.40. The fourth-order valence-electron chi connectivity index (χ4n) is 2.08. The van der Waals surface area contributed by atoms with Gasteiger partial charge < -0.3 is 14.5 Å². The third-order valence-corrected chi connectivity index (χ3v) is 3.27. The lowest BCUT2D eigenvalue weighted by Gasteiger charge is -2.16. The summed E-state index contributed by atoms with van der Waals surface area (Å²) in [6, 6.07) is 10.5. The maximum atomic E-state index is 5.73. The second-order valence-corrected chi connectivity index (χ2v) is 5.37. The molecule has 1 heterocycles. The second-order valence-electron chi connectivity index (χ2n) is 5.37. The minimum absolute atomic E-state index is 0.194. The Labute approximate surface area is 121 Å². The zero-order chi connectivity index (χ0) is 14.5. The molecule has 1 unspecified atom stereocenters. The average Bonchev–Trinajstić information content (AvgIpc) is 2.81. The summed E-state index contributed by atoms with van der Waals surface area (Å²) < 4.78 is 11.2. The molecule has 3 heteroatoms. The number of ether oxygens (including phenoxy) is 1. The second kappa shape index (κ2) is 6.62. The highest BCUT2D eigenvalue weighted by Crippen LogP contribution is 2.20. The molecule has 108 valence electrons. The van der Waals surface area contributed by atoms with E-state index in [2.05, 4.69) is 31.3 Å². The molecule has 20 heavy (non-hydrogen) atoms. The van der Waals surface area contributed by atoms with Crippen LogP contribution in [0.3, 0.4) is 0 Å². The normalized spacial score (nSPS) is 12.7. The van der Waals surface area contributed by atoms with Crippen molar-refractivity contribution in [3.8, 4) is 5.75 Å². The van der Waals surface area contributed by atoms with Crippen LogP contribution in [0.1, 0.15) is 43.7 Å². The number of hydrogen-bond acceptors (Lipinski definition) is 3. The Morgan fingerprint density at radius 3 is 2.65 bits per heavy atom. The molecule has 0 bridgehead atoms. The van der Waals surface area contributed by atoms with Crippen molar-refractivity contribution in [2.45, 2.75) is 46.4 Å². The van der Waals surface area contributed by atoms with Gasteiger partial charge in [-0.1, -0.05) is 12.1 Å². The molecular weight excluding hydrogens is 250 g/mol. The number of benzene rings is 1. The SMILES string of the molecule is Cc1ccoc1CNC(C)c1cccc(OC(C)C)c1. The van der Waals surface area contributed by atoms with Crippen molar-refractivity contribution in [1.29, 1.82) is 0 Å². The molecule has 2 aromatic rings. The Morgan fingerprint density at radius 2 is 2.00 bits per heavy atom. The van der Waals surface area contributed by atoms with E-state index >= 15 is 0 Å². The molecule has 0 radical (unpaired) electrons. The van der Waals surface area contributed by atoms with Crippen LogP contribution in [0, 0.1) is 6.92 Å². The van der Waals surface area contributed by atoms with E-state index in [1.54, 1.807) is 6.26 Å². The van der Waals surface area contributed by atoms with Crippen molar-refractivity contribution in [3.05, 3.63) is 53.5 Å². The Kier molecular flexibility index (Phi) is 4.85. The molecule has 1 aromatic carbocycles. The summed E-state index contributed by atoms with van der Waals surface area (Å²) in [7, 11) is 0. The monoisotopic (exact) mass is 273 g/mol. The van der Waals surface area contributed by atoms with E-state index in [4.69, 9.17) is 9.15 Å². The highest BCUT2D eigenvalue weighted by atomic mass is 16.5. The fourth-order valence-corrected chi connectivity index (χ4v) is 2.08. The Bertz CT molecular complexity index is 545. The summed E-state index contributed by atoms with van der Waals surface area (Å²) in [5.74, 6) is 1.91. The molecule has 0 aliphatic rings. The molecule has 1 aromatic heterocycles. The molecule has 1 atom stereocenters. The van der Waals surface area contributed by atoms with Gasteiger partial charge in [0.1, 0.15) is 11.5 Å². The molecule has 3 nitrogen and oxygen atoms in total. The highest BCUT2D eigenvalue weighted by Gasteiger charge is 2.09. The predicted octanol–water partition coefficient (Wildman–Crippen LogP) is 4.23. The van der Waals surface area contributed by atoms with Gasteiger partial charge in [0.05, 0.1) is 18.9 Å². The fraction of sp³-hybridized carbons (Fsp3) is 0.412. The van der Waals surface area contributed by atoms with Crippen LogP contribution in [0.5, 0.6) is 5.75 Å². The lowest BCUT2D eigenvalue weighted by Crippen LogP contribution is -2.18. The quantitative estimate of drug-likeness (QED) is 0.855. The van der Waals surface area contributed by atoms with E-state index in [9.17, 15) is 0 Å². The Hall–Kier alpha value is -1.74. The van der Waals surface area contributed by atoms with E-state index in [0.717, 1.165) is 18.1 Å². The molecule has 1 N–H and O–H groups in total. The number of nitrogens with one attached hydrogen (secondary N) is 1. The smallest absolute Gasteiger partial charge is 0.120 e. The zero-order valence-electron chi connectivity index (χ0n) is 12.6. The van der Waals surface area contributed by atoms with E-state index in [0.29, 0.717) is 0 Å². The molecule has 0 amide bonds. The van der Waals surface area contributed by atoms with Gasteiger partial charge in [-0.05, 0) is 57.0 Å². The van der Waals surface area contributed by atoms with Crippen molar-refractivity contribution in [2.75, 3.05) is 0 Å². The molecule has 0 aliphatic carbocycles. The van der Waals surface area contributed by atoms with Gasteiger partial charge in [0.2, 0.25) is 0 Å². The topological polar surface area (TPSA) is 34.4 Å².